The van der Waals surface area contributed by atoms with Gasteiger partial charge < -0.3 is 9.47 Å². The number of carbonyl (C=O) groups excluding carboxylic acids is 1. The van der Waals surface area contributed by atoms with E-state index >= 15 is 0 Å². The van der Waals surface area contributed by atoms with Gasteiger partial charge in [-0.05, 0) is 31.0 Å². The minimum Gasteiger partial charge on any atom is -0.497 e. The van der Waals surface area contributed by atoms with Crippen molar-refractivity contribution in [3.05, 3.63) is 60.7 Å². The maximum Gasteiger partial charge on any atom is 0.330 e. The van der Waals surface area contributed by atoms with Crippen molar-refractivity contribution in [2.75, 3.05) is 13.7 Å². The molecule has 0 radical (unpaired) electrons. The Morgan fingerprint density at radius 3 is 2.55 bits per heavy atom. The van der Waals surface area contributed by atoms with Crippen LogP contribution in [-0.2, 0) is 9.53 Å². The van der Waals surface area contributed by atoms with Crippen molar-refractivity contribution in [1.82, 2.24) is 0 Å². The maximum absolute atomic E-state index is 11.3. The third-order valence-corrected chi connectivity index (χ3v) is 3.34. The van der Waals surface area contributed by atoms with Crippen molar-refractivity contribution in [2.45, 2.75) is 20.3 Å². The molecule has 0 aliphatic heterocycles. The third kappa shape index (κ3) is 6.00. The predicted octanol–water partition coefficient (Wildman–Crippen LogP) is 4.41. The molecule has 0 heterocycles. The van der Waals surface area contributed by atoms with Crippen LogP contribution in [0, 0.1) is 5.41 Å². The van der Waals surface area contributed by atoms with Gasteiger partial charge in [0.15, 0.2) is 0 Å². The Labute approximate surface area is 132 Å². The Hall–Kier alpha value is -2.29. The van der Waals surface area contributed by atoms with Crippen molar-refractivity contribution in [3.63, 3.8) is 0 Å². The zero-order valence-corrected chi connectivity index (χ0v) is 13.5. The second-order valence-corrected chi connectivity index (χ2v) is 5.17. The van der Waals surface area contributed by atoms with Crippen LogP contribution in [0.2, 0.25) is 0 Å². The average molecular weight is 300 g/mol. The van der Waals surface area contributed by atoms with Gasteiger partial charge in [-0.3, -0.25) is 0 Å². The van der Waals surface area contributed by atoms with Gasteiger partial charge in [-0.1, -0.05) is 43.4 Å². The van der Waals surface area contributed by atoms with E-state index in [1.807, 2.05) is 42.5 Å². The molecule has 1 atom stereocenters. The van der Waals surface area contributed by atoms with Crippen LogP contribution in [0.3, 0.4) is 0 Å². The van der Waals surface area contributed by atoms with Crippen molar-refractivity contribution < 1.29 is 14.3 Å². The van der Waals surface area contributed by atoms with Gasteiger partial charge in [0.1, 0.15) is 5.75 Å². The monoisotopic (exact) mass is 300 g/mol. The van der Waals surface area contributed by atoms with Gasteiger partial charge in [0, 0.05) is 11.5 Å². The molecule has 0 bridgehead atoms. The number of ether oxygens (including phenoxy) is 2. The van der Waals surface area contributed by atoms with Crippen molar-refractivity contribution in [2.24, 2.45) is 5.41 Å². The molecule has 0 spiro atoms. The number of allylic oxidation sites excluding steroid dienone is 3. The summed E-state index contributed by atoms with van der Waals surface area (Å²) >= 11 is 0. The molecule has 3 nitrogen and oxygen atoms in total. The average Bonchev–Trinajstić information content (AvgIpc) is 2.54. The zero-order valence-electron chi connectivity index (χ0n) is 13.5. The summed E-state index contributed by atoms with van der Waals surface area (Å²) in [4.78, 5) is 11.3. The SMILES string of the molecule is C=C[C@@](C)(/C=C/c1ccc(OC)cc1)C/C=C/C(=O)OCC. The molecule has 22 heavy (non-hydrogen) atoms. The highest BCUT2D eigenvalue weighted by Gasteiger charge is 2.14. The molecule has 0 amide bonds. The van der Waals surface area contributed by atoms with E-state index in [1.165, 1.54) is 6.08 Å². The third-order valence-electron chi connectivity index (χ3n) is 3.34. The van der Waals surface area contributed by atoms with E-state index in [2.05, 4.69) is 19.6 Å². The standard InChI is InChI=1S/C19H24O3/c1-5-19(3,14-7-8-18(20)22-6-2)15-13-16-9-11-17(21-4)12-10-16/h5,7-13,15H,1,6,14H2,2-4H3/b8-7+,15-13+/t19-/m1/s1. The first-order valence-electron chi connectivity index (χ1n) is 7.33. The number of benzene rings is 1. The Morgan fingerprint density at radius 2 is 2.00 bits per heavy atom. The molecule has 0 saturated heterocycles. The molecule has 0 fully saturated rings. The van der Waals surface area contributed by atoms with Crippen molar-refractivity contribution in [3.8, 4) is 5.75 Å². The lowest BCUT2D eigenvalue weighted by molar-refractivity contribution is -0.137. The molecule has 3 heteroatoms. The van der Waals surface area contributed by atoms with Crippen LogP contribution in [0.15, 0.2) is 55.1 Å². The minimum atomic E-state index is -0.312. The number of hydrogen-bond donors (Lipinski definition) is 0. The summed E-state index contributed by atoms with van der Waals surface area (Å²) in [6.07, 6.45) is 9.96. The molecule has 0 aliphatic rings. The first-order valence-corrected chi connectivity index (χ1v) is 7.33. The van der Waals surface area contributed by atoms with E-state index in [1.54, 1.807) is 14.0 Å². The van der Waals surface area contributed by atoms with Gasteiger partial charge in [0.05, 0.1) is 13.7 Å². The van der Waals surface area contributed by atoms with E-state index < -0.39 is 0 Å². The van der Waals surface area contributed by atoms with E-state index in [-0.39, 0.29) is 11.4 Å². The number of hydrogen-bond acceptors (Lipinski definition) is 3. The van der Waals surface area contributed by atoms with Crippen molar-refractivity contribution >= 4 is 12.0 Å². The summed E-state index contributed by atoms with van der Waals surface area (Å²) in [6, 6.07) is 7.83. The Bertz CT molecular complexity index is 540. The molecular formula is C19H24O3. The molecule has 0 aromatic heterocycles. The van der Waals surface area contributed by atoms with Crippen molar-refractivity contribution in [1.29, 1.82) is 0 Å². The fraction of sp³-hybridized carbons (Fsp3) is 0.316. The second kappa shape index (κ2) is 8.88. The molecule has 1 rings (SSSR count). The van der Waals surface area contributed by atoms with Gasteiger partial charge in [-0.2, -0.15) is 0 Å². The quantitative estimate of drug-likeness (QED) is 0.405. The summed E-state index contributed by atoms with van der Waals surface area (Å²) in [5.41, 5.74) is 0.867. The summed E-state index contributed by atoms with van der Waals surface area (Å²) in [7, 11) is 1.65. The Morgan fingerprint density at radius 1 is 1.32 bits per heavy atom. The highest BCUT2D eigenvalue weighted by Crippen LogP contribution is 2.26. The molecule has 0 unspecified atom stereocenters. The molecule has 0 N–H and O–H groups in total. The lowest BCUT2D eigenvalue weighted by Gasteiger charge is -2.19. The summed E-state index contributed by atoms with van der Waals surface area (Å²) in [5.74, 6) is 0.522. The van der Waals surface area contributed by atoms with Crippen LogP contribution < -0.4 is 4.74 Å². The normalized spacial score (nSPS) is 14.0. The highest BCUT2D eigenvalue weighted by molar-refractivity contribution is 5.81. The Kier molecular flexibility index (Phi) is 7.17. The van der Waals surface area contributed by atoms with Crippen LogP contribution in [0.5, 0.6) is 5.75 Å². The summed E-state index contributed by atoms with van der Waals surface area (Å²) in [6.45, 7) is 8.13. The van der Waals surface area contributed by atoms with E-state index in [0.29, 0.717) is 13.0 Å². The predicted molar refractivity (Wildman–Crippen MR) is 90.7 cm³/mol. The van der Waals surface area contributed by atoms with E-state index in [4.69, 9.17) is 9.47 Å². The van der Waals surface area contributed by atoms with Gasteiger partial charge in [0.25, 0.3) is 0 Å². The largest absolute Gasteiger partial charge is 0.497 e. The van der Waals surface area contributed by atoms with Gasteiger partial charge >= 0.3 is 5.97 Å². The molecule has 1 aromatic rings. The molecule has 1 aromatic carbocycles. The van der Waals surface area contributed by atoms with Gasteiger partial charge in [-0.15, -0.1) is 6.58 Å². The van der Waals surface area contributed by atoms with Crippen LogP contribution in [0.4, 0.5) is 0 Å². The zero-order chi connectivity index (χ0) is 16.4. The van der Waals surface area contributed by atoms with Crippen LogP contribution in [0.1, 0.15) is 25.8 Å². The summed E-state index contributed by atoms with van der Waals surface area (Å²) in [5, 5.41) is 0. The fourth-order valence-corrected chi connectivity index (χ4v) is 1.82. The fourth-order valence-electron chi connectivity index (χ4n) is 1.82. The molecular weight excluding hydrogens is 276 g/mol. The van der Waals surface area contributed by atoms with Gasteiger partial charge in [0.2, 0.25) is 0 Å². The van der Waals surface area contributed by atoms with Crippen LogP contribution in [0.25, 0.3) is 6.08 Å². The first kappa shape index (κ1) is 17.8. The maximum atomic E-state index is 11.3. The lowest BCUT2D eigenvalue weighted by Crippen LogP contribution is -2.08. The number of methoxy groups -OCH3 is 1. The number of carbonyl (C=O) groups is 1. The lowest BCUT2D eigenvalue weighted by atomic mass is 9.86. The number of rotatable bonds is 8. The molecule has 118 valence electrons. The smallest absolute Gasteiger partial charge is 0.330 e. The van der Waals surface area contributed by atoms with Crippen LogP contribution in [-0.4, -0.2) is 19.7 Å². The van der Waals surface area contributed by atoms with Gasteiger partial charge in [-0.25, -0.2) is 4.79 Å². The highest BCUT2D eigenvalue weighted by atomic mass is 16.5. The topological polar surface area (TPSA) is 35.5 Å². The molecule has 0 aliphatic carbocycles. The first-order chi connectivity index (χ1) is 10.5. The van der Waals surface area contributed by atoms with Crippen LogP contribution >= 0.6 is 0 Å². The number of esters is 1. The Balaban J connectivity index is 2.69. The summed E-state index contributed by atoms with van der Waals surface area (Å²) < 4.78 is 10.00. The molecule has 0 saturated carbocycles. The second-order valence-electron chi connectivity index (χ2n) is 5.17. The van der Waals surface area contributed by atoms with E-state index in [9.17, 15) is 4.79 Å². The minimum absolute atomic E-state index is 0.219. The van der Waals surface area contributed by atoms with E-state index in [0.717, 1.165) is 11.3 Å².